The van der Waals surface area contributed by atoms with Crippen LogP contribution in [0.1, 0.15) is 17.3 Å². The maximum absolute atomic E-state index is 11.5. The molecular formula is C11H10Br2N2O5. The second-order valence-corrected chi connectivity index (χ2v) is 5.40. The normalized spacial score (nSPS) is 11.6. The lowest BCUT2D eigenvalue weighted by atomic mass is 10.2. The maximum atomic E-state index is 11.5. The fourth-order valence-corrected chi connectivity index (χ4v) is 2.62. The van der Waals surface area contributed by atoms with Crippen LogP contribution in [0.5, 0.6) is 5.75 Å². The van der Waals surface area contributed by atoms with Gasteiger partial charge in [0.05, 0.1) is 14.5 Å². The van der Waals surface area contributed by atoms with Gasteiger partial charge in [-0.25, -0.2) is 9.59 Å². The molecule has 1 rings (SSSR count). The third kappa shape index (κ3) is 4.20. The highest BCUT2D eigenvalue weighted by molar-refractivity contribution is 9.11. The zero-order valence-corrected chi connectivity index (χ0v) is 13.3. The second-order valence-electron chi connectivity index (χ2n) is 3.69. The number of nitrogens with one attached hydrogen (secondary N) is 1. The lowest BCUT2D eigenvalue weighted by molar-refractivity contribution is -0.126. The number of hydrogen-bond donors (Lipinski definition) is 3. The molecule has 108 valence electrons. The van der Waals surface area contributed by atoms with E-state index in [9.17, 15) is 14.4 Å². The molecule has 1 aromatic carbocycles. The number of urea groups is 1. The highest BCUT2D eigenvalue weighted by Crippen LogP contribution is 2.35. The summed E-state index contributed by atoms with van der Waals surface area (Å²) in [7, 11) is 0. The number of carbonyl (C=O) groups is 3. The van der Waals surface area contributed by atoms with Crippen molar-refractivity contribution in [3.8, 4) is 5.75 Å². The van der Waals surface area contributed by atoms with Gasteiger partial charge in [-0.1, -0.05) is 0 Å². The van der Waals surface area contributed by atoms with Gasteiger partial charge < -0.3 is 15.6 Å². The highest BCUT2D eigenvalue weighted by Gasteiger charge is 2.20. The summed E-state index contributed by atoms with van der Waals surface area (Å²) in [6.07, 6.45) is -0.995. The predicted molar refractivity (Wildman–Crippen MR) is 76.6 cm³/mol. The molecule has 1 unspecified atom stereocenters. The van der Waals surface area contributed by atoms with Crippen molar-refractivity contribution in [3.63, 3.8) is 0 Å². The molecule has 0 spiro atoms. The number of carboxylic acid groups (broad SMARTS) is 1. The average Bonchev–Trinajstić information content (AvgIpc) is 2.32. The number of benzene rings is 1. The van der Waals surface area contributed by atoms with Crippen LogP contribution in [0.4, 0.5) is 4.79 Å². The molecule has 1 atom stereocenters. The SMILES string of the molecule is CC(Oc1c(Br)cc(C(=O)O)cc1Br)C(=O)NC(N)=O. The van der Waals surface area contributed by atoms with E-state index in [0.29, 0.717) is 8.95 Å². The molecule has 20 heavy (non-hydrogen) atoms. The van der Waals surface area contributed by atoms with Crippen LogP contribution in [-0.4, -0.2) is 29.1 Å². The van der Waals surface area contributed by atoms with Gasteiger partial charge >= 0.3 is 12.0 Å². The number of hydrogen-bond acceptors (Lipinski definition) is 4. The smallest absolute Gasteiger partial charge is 0.335 e. The summed E-state index contributed by atoms with van der Waals surface area (Å²) in [5.41, 5.74) is 4.87. The summed E-state index contributed by atoms with van der Waals surface area (Å²) in [5.74, 6) is -1.57. The maximum Gasteiger partial charge on any atom is 0.335 e. The Labute approximate surface area is 130 Å². The Hall–Kier alpha value is -1.61. The number of aromatic carboxylic acids is 1. The summed E-state index contributed by atoms with van der Waals surface area (Å²) in [6.45, 7) is 1.42. The van der Waals surface area contributed by atoms with Crippen molar-refractivity contribution in [1.82, 2.24) is 5.32 Å². The molecule has 9 heteroatoms. The minimum absolute atomic E-state index is 0.0466. The number of ether oxygens (including phenoxy) is 1. The van der Waals surface area contributed by atoms with Gasteiger partial charge in [0.25, 0.3) is 5.91 Å². The Balaban J connectivity index is 2.95. The van der Waals surface area contributed by atoms with Crippen LogP contribution >= 0.6 is 31.9 Å². The molecule has 0 fully saturated rings. The van der Waals surface area contributed by atoms with Crippen LogP contribution in [0.25, 0.3) is 0 Å². The molecule has 4 N–H and O–H groups in total. The van der Waals surface area contributed by atoms with Crippen molar-refractivity contribution in [2.75, 3.05) is 0 Å². The van der Waals surface area contributed by atoms with E-state index in [1.165, 1.54) is 19.1 Å². The topological polar surface area (TPSA) is 119 Å². The highest BCUT2D eigenvalue weighted by atomic mass is 79.9. The first-order valence-corrected chi connectivity index (χ1v) is 6.80. The van der Waals surface area contributed by atoms with Gasteiger partial charge in [0.1, 0.15) is 5.75 Å². The Morgan fingerprint density at radius 2 is 1.80 bits per heavy atom. The van der Waals surface area contributed by atoms with E-state index < -0.39 is 24.0 Å². The first-order valence-electron chi connectivity index (χ1n) is 5.21. The molecule has 0 aliphatic heterocycles. The summed E-state index contributed by atoms with van der Waals surface area (Å²) >= 11 is 6.31. The molecule has 0 aliphatic rings. The van der Waals surface area contributed by atoms with Crippen molar-refractivity contribution >= 4 is 49.8 Å². The van der Waals surface area contributed by atoms with Crippen LogP contribution in [0.3, 0.4) is 0 Å². The second kappa shape index (κ2) is 6.71. The molecule has 3 amide bonds. The van der Waals surface area contributed by atoms with Gasteiger partial charge in [-0.15, -0.1) is 0 Å². The fraction of sp³-hybridized carbons (Fsp3) is 0.182. The molecule has 0 aromatic heterocycles. The Kier molecular flexibility index (Phi) is 5.52. The van der Waals surface area contributed by atoms with Crippen LogP contribution in [0.15, 0.2) is 21.1 Å². The van der Waals surface area contributed by atoms with E-state index in [2.05, 4.69) is 31.9 Å². The third-order valence-corrected chi connectivity index (χ3v) is 3.33. The standard InChI is InChI=1S/C11H10Br2N2O5/c1-4(9(16)15-11(14)19)20-8-6(12)2-5(10(17)18)3-7(8)13/h2-4H,1H3,(H,17,18)(H3,14,15,16,19). The van der Waals surface area contributed by atoms with Crippen LogP contribution < -0.4 is 15.8 Å². The van der Waals surface area contributed by atoms with Crippen molar-refractivity contribution < 1.29 is 24.2 Å². The van der Waals surface area contributed by atoms with E-state index in [1.807, 2.05) is 5.32 Å². The number of imide groups is 1. The van der Waals surface area contributed by atoms with Gasteiger partial charge in [-0.2, -0.15) is 0 Å². The van der Waals surface area contributed by atoms with E-state index in [-0.39, 0.29) is 11.3 Å². The zero-order chi connectivity index (χ0) is 15.4. The van der Waals surface area contributed by atoms with Gasteiger partial charge in [0.15, 0.2) is 6.10 Å². The minimum Gasteiger partial charge on any atom is -0.479 e. The molecule has 1 aromatic rings. The number of nitrogens with two attached hydrogens (primary N) is 1. The third-order valence-electron chi connectivity index (χ3n) is 2.16. The number of primary amides is 1. The number of halogens is 2. The number of amides is 3. The van der Waals surface area contributed by atoms with Crippen molar-refractivity contribution in [1.29, 1.82) is 0 Å². The van der Waals surface area contributed by atoms with E-state index in [4.69, 9.17) is 15.6 Å². The Morgan fingerprint density at radius 3 is 2.20 bits per heavy atom. The number of carboxylic acids is 1. The lowest BCUT2D eigenvalue weighted by Gasteiger charge is -2.16. The summed E-state index contributed by atoms with van der Waals surface area (Å²) in [5, 5.41) is 10.8. The predicted octanol–water partition coefficient (Wildman–Crippen LogP) is 1.87. The monoisotopic (exact) mass is 408 g/mol. The van der Waals surface area contributed by atoms with E-state index in [0.717, 1.165) is 0 Å². The van der Waals surface area contributed by atoms with E-state index in [1.54, 1.807) is 0 Å². The van der Waals surface area contributed by atoms with Gasteiger partial charge in [0, 0.05) is 0 Å². The summed E-state index contributed by atoms with van der Waals surface area (Å²) in [4.78, 5) is 32.9. The minimum atomic E-state index is -1.10. The van der Waals surface area contributed by atoms with Crippen LogP contribution in [-0.2, 0) is 4.79 Å². The molecular weight excluding hydrogens is 400 g/mol. The first kappa shape index (κ1) is 16.4. The Bertz CT molecular complexity index is 553. The molecule has 0 heterocycles. The van der Waals surface area contributed by atoms with Gasteiger partial charge in [-0.05, 0) is 50.9 Å². The summed E-state index contributed by atoms with van der Waals surface area (Å²) < 4.78 is 6.07. The van der Waals surface area contributed by atoms with Crippen LogP contribution in [0.2, 0.25) is 0 Å². The van der Waals surface area contributed by atoms with Gasteiger partial charge in [-0.3, -0.25) is 10.1 Å². The average molecular weight is 410 g/mol. The molecule has 0 radical (unpaired) electrons. The molecule has 0 bridgehead atoms. The molecule has 0 saturated heterocycles. The zero-order valence-electron chi connectivity index (χ0n) is 10.1. The van der Waals surface area contributed by atoms with Crippen molar-refractivity contribution in [3.05, 3.63) is 26.6 Å². The lowest BCUT2D eigenvalue weighted by Crippen LogP contribution is -2.42. The Morgan fingerprint density at radius 1 is 1.30 bits per heavy atom. The molecule has 7 nitrogen and oxygen atoms in total. The molecule has 0 aliphatic carbocycles. The van der Waals surface area contributed by atoms with Crippen LogP contribution in [0, 0.1) is 0 Å². The largest absolute Gasteiger partial charge is 0.479 e. The fourth-order valence-electron chi connectivity index (χ4n) is 1.25. The number of carbonyl (C=O) groups excluding carboxylic acids is 2. The van der Waals surface area contributed by atoms with E-state index >= 15 is 0 Å². The van der Waals surface area contributed by atoms with Crippen molar-refractivity contribution in [2.45, 2.75) is 13.0 Å². The summed E-state index contributed by atoms with van der Waals surface area (Å²) in [6, 6.07) is 1.69. The van der Waals surface area contributed by atoms with Crippen molar-refractivity contribution in [2.24, 2.45) is 5.73 Å². The first-order chi connectivity index (χ1) is 9.22. The number of rotatable bonds is 4. The quantitative estimate of drug-likeness (QED) is 0.701. The molecule has 0 saturated carbocycles. The van der Waals surface area contributed by atoms with Gasteiger partial charge in [0.2, 0.25) is 0 Å².